The van der Waals surface area contributed by atoms with E-state index in [9.17, 15) is 18.0 Å². The van der Waals surface area contributed by atoms with Crippen LogP contribution in [0, 0.1) is 12.7 Å². The van der Waals surface area contributed by atoms with Gasteiger partial charge in [-0.25, -0.2) is 22.8 Å². The molecule has 0 unspecified atom stereocenters. The number of aryl methyl sites for hydroxylation is 1. The lowest BCUT2D eigenvalue weighted by molar-refractivity contribution is -0.116. The molecule has 3 heterocycles. The minimum Gasteiger partial charge on any atom is -0.463 e. The van der Waals surface area contributed by atoms with Crippen molar-refractivity contribution in [3.8, 4) is 11.5 Å². The third-order valence-corrected chi connectivity index (χ3v) is 4.32. The predicted molar refractivity (Wildman–Crippen MR) is 100.0 cm³/mol. The van der Waals surface area contributed by atoms with Gasteiger partial charge in [-0.15, -0.1) is 0 Å². The molecule has 0 saturated heterocycles. The van der Waals surface area contributed by atoms with Crippen LogP contribution in [0.1, 0.15) is 17.7 Å². The standard InChI is InChI=1S/C20H15F3N4O2/c1-11-18-14(19(22)23)9-15(16-6-3-7-29-16)25-20(18)27(26-11)10-17(28)24-13-5-2-4-12(21)8-13/h2-9,19H,10H2,1H3,(H,24,28). The lowest BCUT2D eigenvalue weighted by Crippen LogP contribution is -2.20. The van der Waals surface area contributed by atoms with E-state index in [-0.39, 0.29) is 34.5 Å². The number of amides is 1. The maximum atomic E-state index is 13.7. The average Bonchev–Trinajstić information content (AvgIpc) is 3.30. The molecule has 0 fully saturated rings. The molecule has 0 radical (unpaired) electrons. The summed E-state index contributed by atoms with van der Waals surface area (Å²) < 4.78 is 47.2. The van der Waals surface area contributed by atoms with Crippen molar-refractivity contribution in [2.75, 3.05) is 5.32 Å². The second kappa shape index (κ2) is 7.42. The Hall–Kier alpha value is -3.62. The molecule has 0 aliphatic heterocycles. The minimum atomic E-state index is -2.76. The Balaban J connectivity index is 1.73. The number of halogens is 3. The minimum absolute atomic E-state index is 0.140. The van der Waals surface area contributed by atoms with Gasteiger partial charge in [-0.3, -0.25) is 4.79 Å². The highest BCUT2D eigenvalue weighted by Crippen LogP contribution is 2.33. The van der Waals surface area contributed by atoms with Crippen LogP contribution >= 0.6 is 0 Å². The summed E-state index contributed by atoms with van der Waals surface area (Å²) in [5, 5.41) is 6.95. The van der Waals surface area contributed by atoms with E-state index in [2.05, 4.69) is 15.4 Å². The number of hydrogen-bond donors (Lipinski definition) is 1. The van der Waals surface area contributed by atoms with E-state index < -0.39 is 18.1 Å². The number of fused-ring (bicyclic) bond motifs is 1. The van der Waals surface area contributed by atoms with E-state index in [0.29, 0.717) is 11.5 Å². The number of hydrogen-bond acceptors (Lipinski definition) is 4. The highest BCUT2D eigenvalue weighted by atomic mass is 19.3. The van der Waals surface area contributed by atoms with Gasteiger partial charge in [0.25, 0.3) is 6.43 Å². The first-order chi connectivity index (χ1) is 13.9. The Morgan fingerprint density at radius 2 is 2.07 bits per heavy atom. The zero-order chi connectivity index (χ0) is 20.5. The van der Waals surface area contributed by atoms with Crippen molar-refractivity contribution < 1.29 is 22.4 Å². The van der Waals surface area contributed by atoms with Crippen molar-refractivity contribution >= 4 is 22.6 Å². The van der Waals surface area contributed by atoms with Crippen LogP contribution in [0.25, 0.3) is 22.5 Å². The fourth-order valence-electron chi connectivity index (χ4n) is 3.12. The highest BCUT2D eigenvalue weighted by Gasteiger charge is 2.22. The third kappa shape index (κ3) is 3.71. The second-order valence-corrected chi connectivity index (χ2v) is 6.37. The van der Waals surface area contributed by atoms with Crippen molar-refractivity contribution in [1.82, 2.24) is 14.8 Å². The Kier molecular flexibility index (Phi) is 4.79. The fraction of sp³-hybridized carbons (Fsp3) is 0.150. The average molecular weight is 400 g/mol. The SMILES string of the molecule is Cc1nn(CC(=O)Nc2cccc(F)c2)c2nc(-c3ccco3)cc(C(F)F)c12. The number of alkyl halides is 2. The summed E-state index contributed by atoms with van der Waals surface area (Å²) in [6.45, 7) is 1.29. The summed E-state index contributed by atoms with van der Waals surface area (Å²) in [6, 6.07) is 9.92. The Morgan fingerprint density at radius 3 is 2.76 bits per heavy atom. The van der Waals surface area contributed by atoms with E-state index >= 15 is 0 Å². The van der Waals surface area contributed by atoms with Gasteiger partial charge >= 0.3 is 0 Å². The molecule has 0 aliphatic carbocycles. The van der Waals surface area contributed by atoms with Gasteiger partial charge in [-0.1, -0.05) is 6.07 Å². The Labute approximate surface area is 163 Å². The summed E-state index contributed by atoms with van der Waals surface area (Å²) in [7, 11) is 0. The first-order valence-electron chi connectivity index (χ1n) is 8.68. The van der Waals surface area contributed by atoms with Gasteiger partial charge in [0.15, 0.2) is 11.4 Å². The Bertz CT molecular complexity index is 1190. The molecule has 1 aromatic carbocycles. The van der Waals surface area contributed by atoms with E-state index in [1.165, 1.54) is 41.3 Å². The van der Waals surface area contributed by atoms with E-state index in [4.69, 9.17) is 4.42 Å². The molecule has 0 spiro atoms. The van der Waals surface area contributed by atoms with Crippen LogP contribution in [0.5, 0.6) is 0 Å². The molecule has 3 aromatic heterocycles. The van der Waals surface area contributed by atoms with Crippen molar-refractivity contribution in [1.29, 1.82) is 0 Å². The lowest BCUT2D eigenvalue weighted by atomic mass is 10.1. The molecule has 4 aromatic rings. The molecule has 1 amide bonds. The number of carbonyl (C=O) groups is 1. The van der Waals surface area contributed by atoms with E-state index in [1.807, 2.05) is 0 Å². The van der Waals surface area contributed by atoms with Crippen LogP contribution < -0.4 is 5.32 Å². The fourth-order valence-corrected chi connectivity index (χ4v) is 3.12. The van der Waals surface area contributed by atoms with Crippen molar-refractivity contribution in [3.63, 3.8) is 0 Å². The molecule has 6 nitrogen and oxygen atoms in total. The van der Waals surface area contributed by atoms with Crippen LogP contribution in [-0.4, -0.2) is 20.7 Å². The first-order valence-corrected chi connectivity index (χ1v) is 8.68. The molecule has 0 saturated carbocycles. The maximum absolute atomic E-state index is 13.7. The van der Waals surface area contributed by atoms with E-state index in [1.54, 1.807) is 19.1 Å². The van der Waals surface area contributed by atoms with Crippen LogP contribution in [0.4, 0.5) is 18.9 Å². The Morgan fingerprint density at radius 1 is 1.24 bits per heavy atom. The topological polar surface area (TPSA) is 73.0 Å². The number of aromatic nitrogens is 3. The second-order valence-electron chi connectivity index (χ2n) is 6.37. The zero-order valence-electron chi connectivity index (χ0n) is 15.2. The summed E-state index contributed by atoms with van der Waals surface area (Å²) in [5.41, 5.74) is 0.717. The largest absolute Gasteiger partial charge is 0.463 e. The van der Waals surface area contributed by atoms with Gasteiger partial charge in [-0.2, -0.15) is 5.10 Å². The number of rotatable bonds is 5. The maximum Gasteiger partial charge on any atom is 0.264 e. The van der Waals surface area contributed by atoms with Crippen LogP contribution in [0.3, 0.4) is 0 Å². The normalized spacial score (nSPS) is 11.3. The number of anilines is 1. The van der Waals surface area contributed by atoms with Crippen LogP contribution in [-0.2, 0) is 11.3 Å². The van der Waals surface area contributed by atoms with E-state index in [0.717, 1.165) is 0 Å². The zero-order valence-corrected chi connectivity index (χ0v) is 15.2. The molecular weight excluding hydrogens is 385 g/mol. The number of nitrogens with zero attached hydrogens (tertiary/aromatic N) is 3. The number of furan rings is 1. The van der Waals surface area contributed by atoms with Crippen LogP contribution in [0.2, 0.25) is 0 Å². The molecule has 1 N–H and O–H groups in total. The van der Waals surface area contributed by atoms with Gasteiger partial charge in [0.2, 0.25) is 5.91 Å². The highest BCUT2D eigenvalue weighted by molar-refractivity contribution is 5.92. The molecule has 29 heavy (non-hydrogen) atoms. The number of carbonyl (C=O) groups excluding carboxylic acids is 1. The van der Waals surface area contributed by atoms with Gasteiger partial charge in [0, 0.05) is 11.3 Å². The smallest absolute Gasteiger partial charge is 0.264 e. The summed E-state index contributed by atoms with van der Waals surface area (Å²) >= 11 is 0. The third-order valence-electron chi connectivity index (χ3n) is 4.32. The van der Waals surface area contributed by atoms with Gasteiger partial charge in [0.1, 0.15) is 18.1 Å². The molecular formula is C20H15F3N4O2. The van der Waals surface area contributed by atoms with Crippen molar-refractivity contribution in [3.05, 3.63) is 65.8 Å². The molecule has 0 bridgehead atoms. The molecule has 0 aliphatic rings. The number of benzene rings is 1. The number of pyridine rings is 1. The predicted octanol–water partition coefficient (Wildman–Crippen LogP) is 4.72. The summed E-state index contributed by atoms with van der Waals surface area (Å²) in [5.74, 6) is -0.665. The molecule has 0 atom stereocenters. The van der Waals surface area contributed by atoms with Crippen LogP contribution in [0.15, 0.2) is 53.1 Å². The first kappa shape index (κ1) is 18.7. The van der Waals surface area contributed by atoms with Gasteiger partial charge < -0.3 is 9.73 Å². The summed E-state index contributed by atoms with van der Waals surface area (Å²) in [6.07, 6.45) is -1.34. The lowest BCUT2D eigenvalue weighted by Gasteiger charge is -2.08. The van der Waals surface area contributed by atoms with Gasteiger partial charge in [0.05, 0.1) is 17.3 Å². The van der Waals surface area contributed by atoms with Crippen molar-refractivity contribution in [2.45, 2.75) is 19.9 Å². The quantitative estimate of drug-likeness (QED) is 0.526. The molecule has 148 valence electrons. The number of nitrogens with one attached hydrogen (secondary N) is 1. The summed E-state index contributed by atoms with van der Waals surface area (Å²) in [4.78, 5) is 16.8. The monoisotopic (exact) mass is 400 g/mol. The van der Waals surface area contributed by atoms with Gasteiger partial charge in [-0.05, 0) is 43.3 Å². The molecule has 9 heteroatoms. The molecule has 4 rings (SSSR count). The van der Waals surface area contributed by atoms with Crippen molar-refractivity contribution in [2.24, 2.45) is 0 Å².